The van der Waals surface area contributed by atoms with Gasteiger partial charge in [-0.25, -0.2) is 0 Å². The van der Waals surface area contributed by atoms with Crippen molar-refractivity contribution in [2.24, 2.45) is 5.92 Å². The summed E-state index contributed by atoms with van der Waals surface area (Å²) in [6.07, 6.45) is 3.35. The number of non-ortho nitro benzene ring substituents is 1. The Balaban J connectivity index is 2.11. The summed E-state index contributed by atoms with van der Waals surface area (Å²) >= 11 is 0. The van der Waals surface area contributed by atoms with E-state index in [1.54, 1.807) is 35.2 Å². The molecule has 0 bridgehead atoms. The third-order valence-corrected chi connectivity index (χ3v) is 4.18. The molecule has 1 N–H and O–H groups in total. The Hall–Kier alpha value is -3.60. The minimum Gasteiger partial charge on any atom is -0.289 e. The molecule has 8 nitrogen and oxygen atoms in total. The zero-order chi connectivity index (χ0) is 18.0. The van der Waals surface area contributed by atoms with E-state index in [1.165, 1.54) is 24.3 Å². The van der Waals surface area contributed by atoms with E-state index in [2.05, 4.69) is 5.32 Å². The van der Waals surface area contributed by atoms with Crippen LogP contribution >= 0.6 is 0 Å². The second kappa shape index (κ2) is 6.49. The van der Waals surface area contributed by atoms with Gasteiger partial charge in [0.05, 0.1) is 16.9 Å². The van der Waals surface area contributed by atoms with Crippen molar-refractivity contribution in [1.29, 1.82) is 5.26 Å². The normalized spacial score (nSPS) is 22.8. The lowest BCUT2D eigenvalue weighted by Crippen LogP contribution is -2.59. The first-order chi connectivity index (χ1) is 12.0. The molecule has 2 aromatic rings. The van der Waals surface area contributed by atoms with Crippen LogP contribution in [0.15, 0.2) is 54.9 Å². The van der Waals surface area contributed by atoms with Gasteiger partial charge in [0.25, 0.3) is 11.6 Å². The quantitative estimate of drug-likeness (QED) is 0.388. The smallest absolute Gasteiger partial charge is 0.289 e. The summed E-state index contributed by atoms with van der Waals surface area (Å²) in [6.45, 7) is 0. The van der Waals surface area contributed by atoms with Gasteiger partial charge in [0, 0.05) is 24.3 Å². The van der Waals surface area contributed by atoms with Gasteiger partial charge in [-0.3, -0.25) is 25.0 Å². The molecule has 1 aromatic carbocycles. The van der Waals surface area contributed by atoms with E-state index < -0.39 is 34.6 Å². The molecular weight excluding hydrogens is 324 g/mol. The van der Waals surface area contributed by atoms with Crippen LogP contribution in [0, 0.1) is 27.4 Å². The van der Waals surface area contributed by atoms with Crippen molar-refractivity contribution in [3.05, 3.63) is 70.5 Å². The summed E-state index contributed by atoms with van der Waals surface area (Å²) in [4.78, 5) is 34.9. The number of rotatable bonds is 3. The van der Waals surface area contributed by atoms with Crippen LogP contribution in [-0.4, -0.2) is 16.7 Å². The Morgan fingerprint density at radius 1 is 1.08 bits per heavy atom. The molecule has 1 fully saturated rings. The fraction of sp³-hybridized carbons (Fsp3) is 0.176. The monoisotopic (exact) mass is 337 g/mol. The van der Waals surface area contributed by atoms with Gasteiger partial charge in [-0.2, -0.15) is 9.83 Å². The van der Waals surface area contributed by atoms with Crippen molar-refractivity contribution in [1.82, 2.24) is 5.32 Å². The van der Waals surface area contributed by atoms with E-state index in [0.717, 1.165) is 0 Å². The zero-order valence-corrected chi connectivity index (χ0v) is 12.9. The summed E-state index contributed by atoms with van der Waals surface area (Å²) in [5.74, 6) is -3.02. The molecule has 2 heterocycles. The van der Waals surface area contributed by atoms with Gasteiger partial charge >= 0.3 is 0 Å². The minimum atomic E-state index is -1.09. The number of piperidine rings is 1. The third kappa shape index (κ3) is 2.95. The van der Waals surface area contributed by atoms with Crippen LogP contribution in [0.2, 0.25) is 0 Å². The van der Waals surface area contributed by atoms with Crippen LogP contribution in [0.4, 0.5) is 5.69 Å². The van der Waals surface area contributed by atoms with Crippen molar-refractivity contribution >= 4 is 17.5 Å². The molecule has 1 aliphatic heterocycles. The molecule has 0 aliphatic carbocycles. The van der Waals surface area contributed by atoms with Crippen LogP contribution in [-0.2, 0) is 9.59 Å². The third-order valence-electron chi connectivity index (χ3n) is 4.18. The molecule has 1 aliphatic rings. The maximum absolute atomic E-state index is 12.5. The average molecular weight is 337 g/mol. The van der Waals surface area contributed by atoms with Crippen molar-refractivity contribution in [2.75, 3.05) is 0 Å². The molecule has 25 heavy (non-hydrogen) atoms. The Kier molecular flexibility index (Phi) is 4.22. The van der Waals surface area contributed by atoms with Crippen molar-refractivity contribution in [3.63, 3.8) is 0 Å². The van der Waals surface area contributed by atoms with Gasteiger partial charge in [0.2, 0.25) is 11.9 Å². The standard InChI is InChI=1S/C17H12N4O4/c18-10-13-14(11-4-6-12(7-5-11)21(24)25)15(17(23)19-16(13)22)20-8-2-1-3-9-20/h1-9,13-15H/p+1/t13-,14-,15+/m0/s1. The van der Waals surface area contributed by atoms with Crippen LogP contribution in [0.1, 0.15) is 17.5 Å². The van der Waals surface area contributed by atoms with Gasteiger partial charge < -0.3 is 0 Å². The number of aromatic nitrogens is 1. The van der Waals surface area contributed by atoms with Gasteiger partial charge in [-0.15, -0.1) is 0 Å². The summed E-state index contributed by atoms with van der Waals surface area (Å²) in [6, 6.07) is 11.9. The van der Waals surface area contributed by atoms with Crippen LogP contribution in [0.5, 0.6) is 0 Å². The largest absolute Gasteiger partial charge is 0.296 e. The summed E-state index contributed by atoms with van der Waals surface area (Å²) in [7, 11) is 0. The Morgan fingerprint density at radius 3 is 2.28 bits per heavy atom. The predicted molar refractivity (Wildman–Crippen MR) is 83.8 cm³/mol. The fourth-order valence-corrected chi connectivity index (χ4v) is 3.03. The lowest BCUT2D eigenvalue weighted by atomic mass is 9.77. The number of nitriles is 1. The number of imide groups is 1. The number of nitrogens with zero attached hydrogens (tertiary/aromatic N) is 3. The molecule has 2 amide bonds. The van der Waals surface area contributed by atoms with Gasteiger partial charge in [0.15, 0.2) is 12.4 Å². The van der Waals surface area contributed by atoms with Crippen LogP contribution < -0.4 is 9.88 Å². The second-order valence-corrected chi connectivity index (χ2v) is 5.60. The number of carbonyl (C=O) groups is 2. The molecule has 0 unspecified atom stereocenters. The van der Waals surface area contributed by atoms with E-state index >= 15 is 0 Å². The molecule has 3 rings (SSSR count). The predicted octanol–water partition coefficient (Wildman–Crippen LogP) is 1.00. The molecular formula is C17H13N4O4+. The fourth-order valence-electron chi connectivity index (χ4n) is 3.03. The van der Waals surface area contributed by atoms with Crippen LogP contribution in [0.3, 0.4) is 0 Å². The van der Waals surface area contributed by atoms with E-state index in [-0.39, 0.29) is 5.69 Å². The summed E-state index contributed by atoms with van der Waals surface area (Å²) in [5.41, 5.74) is 0.412. The van der Waals surface area contributed by atoms with Crippen LogP contribution in [0.25, 0.3) is 0 Å². The summed E-state index contributed by atoms with van der Waals surface area (Å²) < 4.78 is 1.62. The number of pyridine rings is 1. The topological polar surface area (TPSA) is 117 Å². The number of amides is 2. The van der Waals surface area contributed by atoms with Crippen molar-refractivity contribution < 1.29 is 19.1 Å². The SMILES string of the molecule is N#C[C@@H]1C(=O)NC(=O)[C@H]([n+]2ccccc2)[C@H]1c1ccc([N+](=O)[O-])cc1. The molecule has 3 atom stereocenters. The van der Waals surface area contributed by atoms with E-state index in [9.17, 15) is 25.0 Å². The Bertz CT molecular complexity index is 874. The average Bonchev–Trinajstić information content (AvgIpc) is 2.62. The Labute approximate surface area is 142 Å². The first kappa shape index (κ1) is 16.3. The number of hydrogen-bond acceptors (Lipinski definition) is 5. The highest BCUT2D eigenvalue weighted by Crippen LogP contribution is 2.36. The number of benzene rings is 1. The van der Waals surface area contributed by atoms with Gasteiger partial charge in [-0.05, 0) is 5.56 Å². The highest BCUT2D eigenvalue weighted by molar-refractivity contribution is 6.02. The highest BCUT2D eigenvalue weighted by atomic mass is 16.6. The number of nitro benzene ring substituents is 1. The Morgan fingerprint density at radius 2 is 1.72 bits per heavy atom. The molecule has 124 valence electrons. The summed E-state index contributed by atoms with van der Waals surface area (Å²) in [5, 5.41) is 22.5. The first-order valence-corrected chi connectivity index (χ1v) is 7.47. The zero-order valence-electron chi connectivity index (χ0n) is 12.9. The van der Waals surface area contributed by atoms with Gasteiger partial charge in [-0.1, -0.05) is 18.2 Å². The molecule has 1 aromatic heterocycles. The molecule has 0 saturated carbocycles. The van der Waals surface area contributed by atoms with E-state index in [0.29, 0.717) is 5.56 Å². The maximum atomic E-state index is 12.5. The van der Waals surface area contributed by atoms with Gasteiger partial charge in [0.1, 0.15) is 5.92 Å². The van der Waals surface area contributed by atoms with E-state index in [1.807, 2.05) is 6.07 Å². The number of hydrogen-bond donors (Lipinski definition) is 1. The lowest BCUT2D eigenvalue weighted by molar-refractivity contribution is -0.713. The van der Waals surface area contributed by atoms with Crippen molar-refractivity contribution in [3.8, 4) is 6.07 Å². The number of nitrogens with one attached hydrogen (secondary N) is 1. The number of carbonyl (C=O) groups excluding carboxylic acids is 2. The molecule has 1 saturated heterocycles. The van der Waals surface area contributed by atoms with E-state index in [4.69, 9.17) is 0 Å². The molecule has 0 radical (unpaired) electrons. The van der Waals surface area contributed by atoms with Crippen molar-refractivity contribution in [2.45, 2.75) is 12.0 Å². The first-order valence-electron chi connectivity index (χ1n) is 7.47. The number of nitro groups is 1. The second-order valence-electron chi connectivity index (χ2n) is 5.60. The lowest BCUT2D eigenvalue weighted by Gasteiger charge is -2.29. The molecule has 8 heteroatoms. The minimum absolute atomic E-state index is 0.104. The molecule has 0 spiro atoms. The maximum Gasteiger partial charge on any atom is 0.296 e. The highest BCUT2D eigenvalue weighted by Gasteiger charge is 2.50.